The van der Waals surface area contributed by atoms with Gasteiger partial charge in [0.15, 0.2) is 0 Å². The van der Waals surface area contributed by atoms with E-state index in [-0.39, 0.29) is 0 Å². The molecule has 0 spiro atoms. The van der Waals surface area contributed by atoms with Crippen molar-refractivity contribution in [3.8, 4) is 0 Å². The van der Waals surface area contributed by atoms with E-state index in [4.69, 9.17) is 0 Å². The summed E-state index contributed by atoms with van der Waals surface area (Å²) in [5.41, 5.74) is 0. The van der Waals surface area contributed by atoms with Crippen LogP contribution in [0.1, 0.15) is 27.2 Å². The fourth-order valence-electron chi connectivity index (χ4n) is 1.62. The Morgan fingerprint density at radius 1 is 1.50 bits per heavy atom. The molecule has 0 aliphatic carbocycles. The molecule has 0 saturated heterocycles. The normalized spacial score (nSPS) is 32.4. The van der Waals surface area contributed by atoms with Crippen LogP contribution in [0.5, 0.6) is 0 Å². The van der Waals surface area contributed by atoms with E-state index in [1.807, 2.05) is 0 Å². The number of rotatable bonds is 1. The molecule has 1 nitrogen and oxygen atoms in total. The van der Waals surface area contributed by atoms with Crippen LogP contribution >= 0.6 is 0 Å². The van der Waals surface area contributed by atoms with Gasteiger partial charge in [-0.05, 0) is 24.5 Å². The Labute approximate surface area is 63.5 Å². The standard InChI is InChI=1S/C9H17N/c1-7(2)9-8(3)5-4-6-10-9/h4,6-10H,5H2,1-3H3. The summed E-state index contributed by atoms with van der Waals surface area (Å²) < 4.78 is 0. The fraction of sp³-hybridized carbons (Fsp3) is 0.778. The molecule has 0 bridgehead atoms. The molecule has 0 amide bonds. The predicted molar refractivity (Wildman–Crippen MR) is 44.7 cm³/mol. The molecule has 0 fully saturated rings. The quantitative estimate of drug-likeness (QED) is 0.587. The van der Waals surface area contributed by atoms with Gasteiger partial charge in [-0.15, -0.1) is 0 Å². The van der Waals surface area contributed by atoms with Gasteiger partial charge in [0.2, 0.25) is 0 Å². The van der Waals surface area contributed by atoms with Gasteiger partial charge < -0.3 is 5.32 Å². The lowest BCUT2D eigenvalue weighted by Gasteiger charge is -2.30. The molecule has 1 aliphatic heterocycles. The second kappa shape index (κ2) is 3.09. The summed E-state index contributed by atoms with van der Waals surface area (Å²) in [6, 6.07) is 0.685. The van der Waals surface area contributed by atoms with Crippen molar-refractivity contribution < 1.29 is 0 Å². The molecule has 58 valence electrons. The van der Waals surface area contributed by atoms with Crippen LogP contribution in [0.25, 0.3) is 0 Å². The van der Waals surface area contributed by atoms with Gasteiger partial charge in [0, 0.05) is 6.04 Å². The number of nitrogens with one attached hydrogen (secondary N) is 1. The van der Waals surface area contributed by atoms with Crippen LogP contribution in [0.2, 0.25) is 0 Å². The van der Waals surface area contributed by atoms with Crippen LogP contribution in [0.3, 0.4) is 0 Å². The van der Waals surface area contributed by atoms with E-state index in [0.29, 0.717) is 6.04 Å². The van der Waals surface area contributed by atoms with Gasteiger partial charge in [-0.2, -0.15) is 0 Å². The lowest BCUT2D eigenvalue weighted by atomic mass is 9.88. The minimum absolute atomic E-state index is 0.685. The molecule has 1 heterocycles. The van der Waals surface area contributed by atoms with Crippen molar-refractivity contribution in [2.75, 3.05) is 0 Å². The highest BCUT2D eigenvalue weighted by atomic mass is 14.9. The molecule has 0 aromatic carbocycles. The average molecular weight is 139 g/mol. The molecule has 0 radical (unpaired) electrons. The topological polar surface area (TPSA) is 12.0 Å². The van der Waals surface area contributed by atoms with Crippen LogP contribution in [-0.2, 0) is 0 Å². The summed E-state index contributed by atoms with van der Waals surface area (Å²) in [5.74, 6) is 1.55. The van der Waals surface area contributed by atoms with Crippen molar-refractivity contribution in [2.24, 2.45) is 11.8 Å². The Morgan fingerprint density at radius 3 is 2.60 bits per heavy atom. The Balaban J connectivity index is 2.51. The van der Waals surface area contributed by atoms with E-state index in [0.717, 1.165) is 11.8 Å². The maximum Gasteiger partial charge on any atom is 0.0307 e. The highest BCUT2D eigenvalue weighted by Crippen LogP contribution is 2.19. The summed E-state index contributed by atoms with van der Waals surface area (Å²) >= 11 is 0. The van der Waals surface area contributed by atoms with Gasteiger partial charge in [0.1, 0.15) is 0 Å². The largest absolute Gasteiger partial charge is 0.388 e. The molecular formula is C9H17N. The maximum atomic E-state index is 3.39. The summed E-state index contributed by atoms with van der Waals surface area (Å²) in [5, 5.41) is 3.39. The van der Waals surface area contributed by atoms with Crippen molar-refractivity contribution in [3.63, 3.8) is 0 Å². The lowest BCUT2D eigenvalue weighted by molar-refractivity contribution is 0.314. The van der Waals surface area contributed by atoms with Gasteiger partial charge in [-0.1, -0.05) is 26.8 Å². The van der Waals surface area contributed by atoms with Gasteiger partial charge >= 0.3 is 0 Å². The molecule has 2 unspecified atom stereocenters. The number of hydrogen-bond donors (Lipinski definition) is 1. The van der Waals surface area contributed by atoms with Crippen LogP contribution in [-0.4, -0.2) is 6.04 Å². The van der Waals surface area contributed by atoms with Crippen molar-refractivity contribution in [3.05, 3.63) is 12.3 Å². The third-order valence-electron chi connectivity index (χ3n) is 2.25. The zero-order valence-electron chi connectivity index (χ0n) is 7.09. The molecule has 0 aromatic heterocycles. The maximum absolute atomic E-state index is 3.39. The summed E-state index contributed by atoms with van der Waals surface area (Å²) in [4.78, 5) is 0. The number of hydrogen-bond acceptors (Lipinski definition) is 1. The van der Waals surface area contributed by atoms with Crippen molar-refractivity contribution >= 4 is 0 Å². The second-order valence-corrected chi connectivity index (χ2v) is 3.55. The third kappa shape index (κ3) is 1.53. The first-order valence-corrected chi connectivity index (χ1v) is 4.13. The van der Waals surface area contributed by atoms with Crippen LogP contribution < -0.4 is 5.32 Å². The van der Waals surface area contributed by atoms with E-state index in [2.05, 4.69) is 38.4 Å². The first-order chi connectivity index (χ1) is 4.72. The highest BCUT2D eigenvalue weighted by Gasteiger charge is 2.20. The Hall–Kier alpha value is -0.460. The van der Waals surface area contributed by atoms with Gasteiger partial charge in [-0.3, -0.25) is 0 Å². The first-order valence-electron chi connectivity index (χ1n) is 4.13. The van der Waals surface area contributed by atoms with Crippen LogP contribution in [0, 0.1) is 11.8 Å². The summed E-state index contributed by atoms with van der Waals surface area (Å²) in [6.07, 6.45) is 5.53. The molecule has 0 saturated carbocycles. The Morgan fingerprint density at radius 2 is 2.20 bits per heavy atom. The third-order valence-corrected chi connectivity index (χ3v) is 2.25. The zero-order chi connectivity index (χ0) is 7.56. The molecule has 1 aliphatic rings. The van der Waals surface area contributed by atoms with E-state index in [1.165, 1.54) is 6.42 Å². The minimum Gasteiger partial charge on any atom is -0.388 e. The average Bonchev–Trinajstić information content (AvgIpc) is 1.88. The van der Waals surface area contributed by atoms with Crippen molar-refractivity contribution in [2.45, 2.75) is 33.2 Å². The molecule has 10 heavy (non-hydrogen) atoms. The Bertz CT molecular complexity index is 127. The smallest absolute Gasteiger partial charge is 0.0307 e. The summed E-state index contributed by atoms with van der Waals surface area (Å²) in [6.45, 7) is 6.85. The molecule has 1 N–H and O–H groups in total. The predicted octanol–water partition coefficient (Wildman–Crippen LogP) is 2.15. The van der Waals surface area contributed by atoms with Crippen molar-refractivity contribution in [1.82, 2.24) is 5.32 Å². The van der Waals surface area contributed by atoms with E-state index in [9.17, 15) is 0 Å². The van der Waals surface area contributed by atoms with Crippen LogP contribution in [0.15, 0.2) is 12.3 Å². The van der Waals surface area contributed by atoms with E-state index >= 15 is 0 Å². The Kier molecular flexibility index (Phi) is 2.36. The van der Waals surface area contributed by atoms with Gasteiger partial charge in [-0.25, -0.2) is 0 Å². The number of allylic oxidation sites excluding steroid dienone is 1. The minimum atomic E-state index is 0.685. The molecule has 0 aromatic rings. The fourth-order valence-corrected chi connectivity index (χ4v) is 1.62. The zero-order valence-corrected chi connectivity index (χ0v) is 7.09. The highest BCUT2D eigenvalue weighted by molar-refractivity contribution is 4.94. The monoisotopic (exact) mass is 139 g/mol. The van der Waals surface area contributed by atoms with E-state index < -0.39 is 0 Å². The molecular weight excluding hydrogens is 122 g/mol. The SMILES string of the molecule is CC(C)C1NC=CCC1C. The van der Waals surface area contributed by atoms with E-state index in [1.54, 1.807) is 0 Å². The van der Waals surface area contributed by atoms with Gasteiger partial charge in [0.05, 0.1) is 0 Å². The lowest BCUT2D eigenvalue weighted by Crippen LogP contribution is -2.38. The second-order valence-electron chi connectivity index (χ2n) is 3.55. The molecule has 1 rings (SSSR count). The van der Waals surface area contributed by atoms with Crippen molar-refractivity contribution in [1.29, 1.82) is 0 Å². The first kappa shape index (κ1) is 7.64. The molecule has 2 atom stereocenters. The summed E-state index contributed by atoms with van der Waals surface area (Å²) in [7, 11) is 0. The molecule has 1 heteroatoms. The van der Waals surface area contributed by atoms with Crippen LogP contribution in [0.4, 0.5) is 0 Å². The van der Waals surface area contributed by atoms with Gasteiger partial charge in [0.25, 0.3) is 0 Å².